The van der Waals surface area contributed by atoms with Gasteiger partial charge in [-0.15, -0.1) is 0 Å². The largest absolute Gasteiger partial charge is 0.479 e. The van der Waals surface area contributed by atoms with Crippen molar-refractivity contribution in [2.45, 2.75) is 57.2 Å². The van der Waals surface area contributed by atoms with E-state index in [0.717, 1.165) is 0 Å². The number of nitrogens with two attached hydrogens (primary N) is 3. The van der Waals surface area contributed by atoms with Gasteiger partial charge in [-0.1, -0.05) is 0 Å². The maximum Gasteiger partial charge on any atom is 0.338 e. The van der Waals surface area contributed by atoms with Gasteiger partial charge in [-0.2, -0.15) is 0 Å². The molecule has 0 aromatic carbocycles. The number of carbonyl (C=O) groups is 3. The van der Waals surface area contributed by atoms with E-state index >= 15 is 0 Å². The average molecular weight is 290 g/mol. The molecule has 116 valence electrons. The topological polar surface area (TPSA) is 159 Å². The molecule has 8 heteroatoms. The van der Waals surface area contributed by atoms with Gasteiger partial charge in [0, 0.05) is 1.37 Å². The highest BCUT2D eigenvalue weighted by Crippen LogP contribution is 2.19. The minimum absolute atomic E-state index is 0.108. The van der Waals surface area contributed by atoms with Crippen LogP contribution in [0.4, 0.5) is 0 Å². The first-order valence-corrected chi connectivity index (χ1v) is 6.06. The molecule has 0 radical (unpaired) electrons. The molecule has 1 amide bonds. The first-order chi connectivity index (χ1) is 9.46. The predicted molar refractivity (Wildman–Crippen MR) is 71.4 cm³/mol. The predicted octanol–water partition coefficient (Wildman–Crippen LogP) is -0.907. The zero-order valence-corrected chi connectivity index (χ0v) is 11.7. The third kappa shape index (κ3) is 5.54. The SMILES string of the molecule is [2H]CC(C)(C)OC(=O)C(N)(CCCC(N)C(N)=O)C(=O)O. The van der Waals surface area contributed by atoms with E-state index in [9.17, 15) is 14.4 Å². The van der Waals surface area contributed by atoms with Crippen molar-refractivity contribution >= 4 is 17.8 Å². The zero-order chi connectivity index (χ0) is 16.8. The van der Waals surface area contributed by atoms with Crippen molar-refractivity contribution in [3.63, 3.8) is 0 Å². The van der Waals surface area contributed by atoms with E-state index in [4.69, 9.17) is 28.4 Å². The molecule has 0 spiro atoms. The Morgan fingerprint density at radius 2 is 1.95 bits per heavy atom. The summed E-state index contributed by atoms with van der Waals surface area (Å²) in [6.45, 7) is 2.72. The van der Waals surface area contributed by atoms with E-state index < -0.39 is 35.0 Å². The first kappa shape index (κ1) is 16.4. The smallest absolute Gasteiger partial charge is 0.338 e. The molecule has 0 rings (SSSR count). The quantitative estimate of drug-likeness (QED) is 0.349. The van der Waals surface area contributed by atoms with Gasteiger partial charge in [0.25, 0.3) is 0 Å². The van der Waals surface area contributed by atoms with Crippen molar-refractivity contribution in [3.05, 3.63) is 0 Å². The summed E-state index contributed by atoms with van der Waals surface area (Å²) < 4.78 is 12.2. The second kappa shape index (κ2) is 6.67. The minimum atomic E-state index is -2.25. The Labute approximate surface area is 119 Å². The molecule has 7 N–H and O–H groups in total. The van der Waals surface area contributed by atoms with Gasteiger partial charge >= 0.3 is 11.9 Å². The summed E-state index contributed by atoms with van der Waals surface area (Å²) in [6, 6.07) is -0.927. The zero-order valence-electron chi connectivity index (χ0n) is 12.7. The van der Waals surface area contributed by atoms with Gasteiger partial charge in [0.1, 0.15) is 5.60 Å². The van der Waals surface area contributed by atoms with E-state index in [-0.39, 0.29) is 26.2 Å². The number of rotatable bonds is 7. The lowest BCUT2D eigenvalue weighted by atomic mass is 9.92. The third-order valence-corrected chi connectivity index (χ3v) is 2.57. The van der Waals surface area contributed by atoms with Crippen LogP contribution in [0.15, 0.2) is 0 Å². The van der Waals surface area contributed by atoms with Crippen LogP contribution >= 0.6 is 0 Å². The second-order valence-electron chi connectivity index (χ2n) is 5.33. The monoisotopic (exact) mass is 290 g/mol. The van der Waals surface area contributed by atoms with E-state index in [1.54, 1.807) is 0 Å². The lowest BCUT2D eigenvalue weighted by Crippen LogP contribution is -2.57. The lowest BCUT2D eigenvalue weighted by molar-refractivity contribution is -0.169. The van der Waals surface area contributed by atoms with Gasteiger partial charge in [-0.25, -0.2) is 9.59 Å². The van der Waals surface area contributed by atoms with Gasteiger partial charge in [0.2, 0.25) is 11.4 Å². The van der Waals surface area contributed by atoms with Crippen molar-refractivity contribution < 1.29 is 25.6 Å². The molecule has 0 heterocycles. The van der Waals surface area contributed by atoms with Crippen molar-refractivity contribution in [3.8, 4) is 0 Å². The number of aliphatic carboxylic acids is 1. The number of carboxylic acids is 1. The molecule has 8 nitrogen and oxygen atoms in total. The average Bonchev–Trinajstić information content (AvgIpc) is 2.37. The van der Waals surface area contributed by atoms with E-state index in [1.807, 2.05) is 0 Å². The summed E-state index contributed by atoms with van der Waals surface area (Å²) in [7, 11) is 0. The molecule has 0 aromatic heterocycles. The van der Waals surface area contributed by atoms with Crippen LogP contribution in [0, 0.1) is 0 Å². The highest BCUT2D eigenvalue weighted by Gasteiger charge is 2.45. The maximum absolute atomic E-state index is 12.0. The van der Waals surface area contributed by atoms with Gasteiger partial charge in [-0.3, -0.25) is 4.79 Å². The molecule has 0 bridgehead atoms. The van der Waals surface area contributed by atoms with Crippen LogP contribution in [0.1, 0.15) is 41.4 Å². The Bertz CT molecular complexity index is 416. The van der Waals surface area contributed by atoms with Crippen LogP contribution < -0.4 is 17.2 Å². The molecule has 0 aliphatic heterocycles. The van der Waals surface area contributed by atoms with Crippen LogP contribution in [-0.4, -0.2) is 40.1 Å². The van der Waals surface area contributed by atoms with Crippen molar-refractivity contribution in [2.24, 2.45) is 17.2 Å². The molecule has 0 aromatic rings. The van der Waals surface area contributed by atoms with Crippen LogP contribution in [0.2, 0.25) is 0 Å². The number of ether oxygens (including phenoxy) is 1. The van der Waals surface area contributed by atoms with E-state index in [1.165, 1.54) is 13.8 Å². The second-order valence-corrected chi connectivity index (χ2v) is 5.33. The molecule has 0 fully saturated rings. The number of primary amides is 1. The lowest BCUT2D eigenvalue weighted by Gasteiger charge is -2.28. The fraction of sp³-hybridized carbons (Fsp3) is 0.750. The number of carbonyl (C=O) groups excluding carboxylic acids is 2. The van der Waals surface area contributed by atoms with Gasteiger partial charge in [0.15, 0.2) is 0 Å². The van der Waals surface area contributed by atoms with Crippen LogP contribution in [0.25, 0.3) is 0 Å². The maximum atomic E-state index is 12.0. The molecule has 0 saturated heterocycles. The summed E-state index contributed by atoms with van der Waals surface area (Å²) in [5, 5.41) is 9.15. The molecule has 0 saturated carbocycles. The molecule has 0 aliphatic rings. The van der Waals surface area contributed by atoms with E-state index in [2.05, 4.69) is 0 Å². The van der Waals surface area contributed by atoms with E-state index in [0.29, 0.717) is 0 Å². The molecule has 2 atom stereocenters. The fourth-order valence-electron chi connectivity index (χ4n) is 1.38. The number of amides is 1. The first-order valence-electron chi connectivity index (χ1n) is 6.77. The van der Waals surface area contributed by atoms with Gasteiger partial charge < -0.3 is 27.0 Å². The number of hydrogen-bond acceptors (Lipinski definition) is 6. The van der Waals surface area contributed by atoms with Gasteiger partial charge in [-0.05, 0) is 40.0 Å². The Hall–Kier alpha value is -1.67. The van der Waals surface area contributed by atoms with Crippen LogP contribution in [-0.2, 0) is 19.1 Å². The summed E-state index contributed by atoms with van der Waals surface area (Å²) in [5.74, 6) is -3.38. The highest BCUT2D eigenvalue weighted by atomic mass is 16.6. The normalized spacial score (nSPS) is 16.7. The standard InChI is InChI=1S/C12H23N3O5/c1-11(2,3)20-10(19)12(15,9(17)18)6-4-5-7(13)8(14)16/h7H,4-6,13,15H2,1-3H3,(H2,14,16)(H,17,18)/i1D. The fourth-order valence-corrected chi connectivity index (χ4v) is 1.38. The highest BCUT2D eigenvalue weighted by molar-refractivity contribution is 6.03. The summed E-state index contributed by atoms with van der Waals surface area (Å²) in [5.41, 5.74) is 12.6. The summed E-state index contributed by atoms with van der Waals surface area (Å²) in [4.78, 5) is 34.0. The third-order valence-electron chi connectivity index (χ3n) is 2.57. The minimum Gasteiger partial charge on any atom is -0.479 e. The Morgan fingerprint density at radius 1 is 1.40 bits per heavy atom. The molecule has 20 heavy (non-hydrogen) atoms. The molecular weight excluding hydrogens is 266 g/mol. The van der Waals surface area contributed by atoms with Crippen molar-refractivity contribution in [2.75, 3.05) is 0 Å². The van der Waals surface area contributed by atoms with Crippen molar-refractivity contribution in [1.82, 2.24) is 0 Å². The van der Waals surface area contributed by atoms with Gasteiger partial charge in [0.05, 0.1) is 6.04 Å². The number of carboxylic acid groups (broad SMARTS) is 1. The Kier molecular flexibility index (Phi) is 5.46. The summed E-state index contributed by atoms with van der Waals surface area (Å²) in [6.07, 6.45) is -0.0315. The van der Waals surface area contributed by atoms with Crippen molar-refractivity contribution in [1.29, 1.82) is 0 Å². The molecule has 0 aliphatic carbocycles. The molecule has 2 unspecified atom stereocenters. The number of esters is 1. The Morgan fingerprint density at radius 3 is 2.35 bits per heavy atom. The number of hydrogen-bond donors (Lipinski definition) is 4. The Balaban J connectivity index is 4.81. The van der Waals surface area contributed by atoms with Crippen LogP contribution in [0.5, 0.6) is 0 Å². The van der Waals surface area contributed by atoms with Crippen LogP contribution in [0.3, 0.4) is 0 Å². The molecular formula is C12H23N3O5. The summed E-state index contributed by atoms with van der Waals surface area (Å²) >= 11 is 0.